The van der Waals surface area contributed by atoms with Crippen LogP contribution in [0.15, 0.2) is 24.3 Å². The molecule has 1 N–H and O–H groups in total. The number of carbonyl (C=O) groups excluding carboxylic acids is 1. The van der Waals surface area contributed by atoms with Gasteiger partial charge in [0.1, 0.15) is 0 Å². The van der Waals surface area contributed by atoms with Gasteiger partial charge in [0.05, 0.1) is 18.9 Å². The summed E-state index contributed by atoms with van der Waals surface area (Å²) in [5, 5.41) is 2.74. The first-order valence-electron chi connectivity index (χ1n) is 6.52. The van der Waals surface area contributed by atoms with Crippen LogP contribution in [-0.4, -0.2) is 19.1 Å². The average molecular weight is 251 g/mol. The Balaban J connectivity index is 0.000000371. The standard InChI is InChI=1S/C10H9NO3.2C2H6/c12-9-10(13-5-6-14-10)7-3-1-2-4-8(7)11-9;2*1-2/h1-4H,5-6H2,(H,11,12);2*1-2H3. The smallest absolute Gasteiger partial charge is 0.289 e. The van der Waals surface area contributed by atoms with E-state index in [9.17, 15) is 4.79 Å². The first-order valence-corrected chi connectivity index (χ1v) is 6.52. The second-order valence-electron chi connectivity index (χ2n) is 3.31. The van der Waals surface area contributed by atoms with Gasteiger partial charge in [0, 0.05) is 5.56 Å². The Morgan fingerprint density at radius 3 is 2.22 bits per heavy atom. The van der Waals surface area contributed by atoms with Gasteiger partial charge < -0.3 is 14.8 Å². The fourth-order valence-electron chi connectivity index (χ4n) is 1.91. The highest BCUT2D eigenvalue weighted by atomic mass is 16.7. The van der Waals surface area contributed by atoms with E-state index in [1.165, 1.54) is 0 Å². The van der Waals surface area contributed by atoms with E-state index in [0.29, 0.717) is 13.2 Å². The average Bonchev–Trinajstić information content (AvgIpc) is 3.04. The molecule has 100 valence electrons. The monoisotopic (exact) mass is 251 g/mol. The van der Waals surface area contributed by atoms with Crippen LogP contribution in [0.4, 0.5) is 5.69 Å². The molecule has 0 radical (unpaired) electrons. The van der Waals surface area contributed by atoms with Crippen molar-refractivity contribution in [2.24, 2.45) is 0 Å². The van der Waals surface area contributed by atoms with E-state index < -0.39 is 5.79 Å². The molecule has 2 aliphatic heterocycles. The van der Waals surface area contributed by atoms with E-state index in [2.05, 4.69) is 5.32 Å². The summed E-state index contributed by atoms with van der Waals surface area (Å²) in [5.74, 6) is -1.40. The molecule has 4 nitrogen and oxygen atoms in total. The topological polar surface area (TPSA) is 47.6 Å². The molecule has 1 saturated heterocycles. The molecule has 2 aliphatic rings. The number of hydrogen-bond donors (Lipinski definition) is 1. The van der Waals surface area contributed by atoms with Gasteiger partial charge in [-0.3, -0.25) is 4.79 Å². The van der Waals surface area contributed by atoms with Crippen LogP contribution in [0.3, 0.4) is 0 Å². The molecular formula is C14H21NO3. The van der Waals surface area contributed by atoms with Gasteiger partial charge in [-0.2, -0.15) is 0 Å². The van der Waals surface area contributed by atoms with Crippen LogP contribution in [0.25, 0.3) is 0 Å². The Morgan fingerprint density at radius 2 is 1.61 bits per heavy atom. The highest BCUT2D eigenvalue weighted by molar-refractivity contribution is 6.04. The molecule has 1 spiro atoms. The van der Waals surface area contributed by atoms with E-state index in [4.69, 9.17) is 9.47 Å². The first kappa shape index (κ1) is 14.7. The van der Waals surface area contributed by atoms with Crippen molar-refractivity contribution in [3.8, 4) is 0 Å². The minimum absolute atomic E-state index is 0.226. The van der Waals surface area contributed by atoms with Gasteiger partial charge in [0.2, 0.25) is 0 Å². The van der Waals surface area contributed by atoms with Gasteiger partial charge in [-0.1, -0.05) is 45.9 Å². The summed E-state index contributed by atoms with van der Waals surface area (Å²) in [6, 6.07) is 7.42. The molecule has 1 amide bonds. The van der Waals surface area contributed by atoms with Crippen molar-refractivity contribution < 1.29 is 14.3 Å². The molecular weight excluding hydrogens is 230 g/mol. The van der Waals surface area contributed by atoms with Crippen molar-refractivity contribution in [1.82, 2.24) is 0 Å². The molecule has 3 rings (SSSR count). The zero-order chi connectivity index (χ0) is 13.6. The zero-order valence-corrected chi connectivity index (χ0v) is 11.4. The first-order chi connectivity index (χ1) is 8.83. The maximum atomic E-state index is 11.7. The Hall–Kier alpha value is -1.39. The lowest BCUT2D eigenvalue weighted by Crippen LogP contribution is -2.35. The molecule has 1 aromatic carbocycles. The number of benzene rings is 1. The molecule has 0 unspecified atom stereocenters. The SMILES string of the molecule is CC.CC.O=C1Nc2ccccc2C12OCCO2. The predicted octanol–water partition coefficient (Wildman–Crippen LogP) is 2.89. The normalized spacial score (nSPS) is 18.1. The van der Waals surface area contributed by atoms with Crippen LogP contribution in [0.2, 0.25) is 0 Å². The van der Waals surface area contributed by atoms with Crippen LogP contribution in [0.1, 0.15) is 33.3 Å². The Kier molecular flexibility index (Phi) is 5.31. The van der Waals surface area contributed by atoms with Crippen LogP contribution in [0, 0.1) is 0 Å². The van der Waals surface area contributed by atoms with E-state index in [1.807, 2.05) is 52.0 Å². The third-order valence-corrected chi connectivity index (χ3v) is 2.52. The lowest BCUT2D eigenvalue weighted by Gasteiger charge is -2.18. The molecule has 0 atom stereocenters. The van der Waals surface area contributed by atoms with Crippen molar-refractivity contribution in [2.75, 3.05) is 18.5 Å². The third-order valence-electron chi connectivity index (χ3n) is 2.52. The molecule has 2 heterocycles. The summed E-state index contributed by atoms with van der Waals surface area (Å²) in [6.45, 7) is 8.92. The van der Waals surface area contributed by atoms with Gasteiger partial charge in [0.15, 0.2) is 0 Å². The lowest BCUT2D eigenvalue weighted by molar-refractivity contribution is -0.178. The summed E-state index contributed by atoms with van der Waals surface area (Å²) in [7, 11) is 0. The number of rotatable bonds is 0. The van der Waals surface area contributed by atoms with Crippen molar-refractivity contribution in [3.05, 3.63) is 29.8 Å². The molecule has 0 aromatic heterocycles. The maximum absolute atomic E-state index is 11.7. The van der Waals surface area contributed by atoms with Gasteiger partial charge >= 0.3 is 0 Å². The van der Waals surface area contributed by atoms with E-state index in [0.717, 1.165) is 11.3 Å². The summed E-state index contributed by atoms with van der Waals surface area (Å²) in [6.07, 6.45) is 0. The Morgan fingerprint density at radius 1 is 1.06 bits per heavy atom. The minimum Gasteiger partial charge on any atom is -0.336 e. The maximum Gasteiger partial charge on any atom is 0.289 e. The van der Waals surface area contributed by atoms with Gasteiger partial charge in [0.25, 0.3) is 11.7 Å². The Labute approximate surface area is 108 Å². The molecule has 1 aromatic rings. The van der Waals surface area contributed by atoms with Crippen molar-refractivity contribution in [3.63, 3.8) is 0 Å². The summed E-state index contributed by atoms with van der Waals surface area (Å²) in [5.41, 5.74) is 1.56. The van der Waals surface area contributed by atoms with E-state index in [1.54, 1.807) is 0 Å². The zero-order valence-electron chi connectivity index (χ0n) is 11.4. The molecule has 18 heavy (non-hydrogen) atoms. The highest BCUT2D eigenvalue weighted by Crippen LogP contribution is 2.41. The van der Waals surface area contributed by atoms with Crippen LogP contribution < -0.4 is 5.32 Å². The Bertz CT molecular complexity index is 398. The summed E-state index contributed by atoms with van der Waals surface area (Å²) in [4.78, 5) is 11.7. The minimum atomic E-state index is -1.17. The van der Waals surface area contributed by atoms with Gasteiger partial charge in [-0.05, 0) is 6.07 Å². The van der Waals surface area contributed by atoms with Crippen LogP contribution in [-0.2, 0) is 20.1 Å². The predicted molar refractivity (Wildman–Crippen MR) is 71.3 cm³/mol. The van der Waals surface area contributed by atoms with E-state index in [-0.39, 0.29) is 5.91 Å². The number of para-hydroxylation sites is 1. The number of amides is 1. The quantitative estimate of drug-likeness (QED) is 0.771. The van der Waals surface area contributed by atoms with Crippen molar-refractivity contribution >= 4 is 11.6 Å². The molecule has 0 bridgehead atoms. The fourth-order valence-corrected chi connectivity index (χ4v) is 1.91. The van der Waals surface area contributed by atoms with Crippen molar-refractivity contribution in [2.45, 2.75) is 33.5 Å². The van der Waals surface area contributed by atoms with Crippen molar-refractivity contribution in [1.29, 1.82) is 0 Å². The number of anilines is 1. The van der Waals surface area contributed by atoms with Crippen LogP contribution >= 0.6 is 0 Å². The second kappa shape index (κ2) is 6.52. The fraction of sp³-hybridized carbons (Fsp3) is 0.500. The van der Waals surface area contributed by atoms with Gasteiger partial charge in [-0.25, -0.2) is 0 Å². The van der Waals surface area contributed by atoms with Gasteiger partial charge in [-0.15, -0.1) is 0 Å². The molecule has 4 heteroatoms. The van der Waals surface area contributed by atoms with Crippen LogP contribution in [0.5, 0.6) is 0 Å². The summed E-state index contributed by atoms with van der Waals surface area (Å²) < 4.78 is 10.8. The number of carbonyl (C=O) groups is 1. The highest BCUT2D eigenvalue weighted by Gasteiger charge is 2.52. The second-order valence-corrected chi connectivity index (χ2v) is 3.31. The number of ether oxygens (including phenoxy) is 2. The molecule has 0 aliphatic carbocycles. The summed E-state index contributed by atoms with van der Waals surface area (Å²) >= 11 is 0. The number of fused-ring (bicyclic) bond motifs is 2. The van der Waals surface area contributed by atoms with E-state index >= 15 is 0 Å². The molecule has 0 saturated carbocycles. The number of hydrogen-bond acceptors (Lipinski definition) is 3. The third kappa shape index (κ3) is 2.26. The lowest BCUT2D eigenvalue weighted by atomic mass is 10.1. The number of nitrogens with one attached hydrogen (secondary N) is 1. The largest absolute Gasteiger partial charge is 0.336 e. The molecule has 1 fully saturated rings.